The van der Waals surface area contributed by atoms with E-state index in [2.05, 4.69) is 68.8 Å². The fourth-order valence-electron chi connectivity index (χ4n) is 2.42. The van der Waals surface area contributed by atoms with Crippen LogP contribution in [0.1, 0.15) is 25.8 Å². The molecule has 1 heterocycles. The number of hydrogen-bond acceptors (Lipinski definition) is 2. The zero-order valence-corrected chi connectivity index (χ0v) is 14.0. The average Bonchev–Trinajstić information content (AvgIpc) is 2.38. The van der Waals surface area contributed by atoms with E-state index in [4.69, 9.17) is 4.74 Å². The lowest BCUT2D eigenvalue weighted by atomic mass is 10.1. The van der Waals surface area contributed by atoms with E-state index >= 15 is 0 Å². The lowest BCUT2D eigenvalue weighted by Crippen LogP contribution is -2.49. The van der Waals surface area contributed by atoms with Crippen molar-refractivity contribution in [2.45, 2.75) is 37.7 Å². The molecule has 1 saturated heterocycles. The predicted molar refractivity (Wildman–Crippen MR) is 83.6 cm³/mol. The molecule has 1 aliphatic heterocycles. The van der Waals surface area contributed by atoms with Crippen LogP contribution in [0, 0.1) is 0 Å². The second kappa shape index (κ2) is 6.40. The summed E-state index contributed by atoms with van der Waals surface area (Å²) >= 11 is 7.13. The maximum Gasteiger partial charge on any atom is 0.0723 e. The molecule has 2 nitrogen and oxygen atoms in total. The van der Waals surface area contributed by atoms with Crippen molar-refractivity contribution in [1.82, 2.24) is 0 Å². The fourth-order valence-corrected chi connectivity index (χ4v) is 3.28. The zero-order chi connectivity index (χ0) is 13.1. The SMILES string of the molecule is CCC1COC(C)CN1c1ccc(Br)cc1CBr. The maximum atomic E-state index is 5.77. The molecule has 0 aliphatic carbocycles. The Balaban J connectivity index is 2.32. The third kappa shape index (κ3) is 3.09. The monoisotopic (exact) mass is 375 g/mol. The van der Waals surface area contributed by atoms with Crippen molar-refractivity contribution in [3.05, 3.63) is 28.2 Å². The van der Waals surface area contributed by atoms with Crippen molar-refractivity contribution in [3.8, 4) is 0 Å². The second-order valence-electron chi connectivity index (χ2n) is 4.77. The van der Waals surface area contributed by atoms with Gasteiger partial charge in [-0.25, -0.2) is 0 Å². The molecule has 1 aliphatic rings. The number of morpholine rings is 1. The molecule has 0 saturated carbocycles. The summed E-state index contributed by atoms with van der Waals surface area (Å²) in [7, 11) is 0. The molecule has 100 valence electrons. The third-order valence-corrected chi connectivity index (χ3v) is 4.53. The Morgan fingerprint density at radius 3 is 2.89 bits per heavy atom. The largest absolute Gasteiger partial charge is 0.375 e. The molecule has 2 atom stereocenters. The molecule has 0 aromatic heterocycles. The average molecular weight is 377 g/mol. The van der Waals surface area contributed by atoms with E-state index in [1.807, 2.05) is 0 Å². The smallest absolute Gasteiger partial charge is 0.0723 e. The molecule has 1 fully saturated rings. The lowest BCUT2D eigenvalue weighted by Gasteiger charge is -2.40. The van der Waals surface area contributed by atoms with E-state index in [1.165, 1.54) is 11.3 Å². The summed E-state index contributed by atoms with van der Waals surface area (Å²) in [5.41, 5.74) is 2.66. The van der Waals surface area contributed by atoms with Gasteiger partial charge in [0.25, 0.3) is 0 Å². The highest BCUT2D eigenvalue weighted by Gasteiger charge is 2.26. The summed E-state index contributed by atoms with van der Waals surface area (Å²) in [6.45, 7) is 6.17. The van der Waals surface area contributed by atoms with Crippen LogP contribution in [0.3, 0.4) is 0 Å². The Hall–Kier alpha value is -0.0600. The van der Waals surface area contributed by atoms with Crippen molar-refractivity contribution in [1.29, 1.82) is 0 Å². The first-order valence-electron chi connectivity index (χ1n) is 6.38. The van der Waals surface area contributed by atoms with Gasteiger partial charge in [-0.05, 0) is 37.1 Å². The minimum absolute atomic E-state index is 0.305. The molecule has 0 amide bonds. The quantitative estimate of drug-likeness (QED) is 0.727. The normalized spacial score (nSPS) is 24.3. The first kappa shape index (κ1) is 14.4. The van der Waals surface area contributed by atoms with E-state index < -0.39 is 0 Å². The van der Waals surface area contributed by atoms with Crippen LogP contribution in [0.2, 0.25) is 0 Å². The summed E-state index contributed by atoms with van der Waals surface area (Å²) in [5, 5.41) is 0.879. The molecular weight excluding hydrogens is 358 g/mol. The number of anilines is 1. The molecular formula is C14H19Br2NO. The second-order valence-corrected chi connectivity index (χ2v) is 6.24. The van der Waals surface area contributed by atoms with E-state index in [0.29, 0.717) is 12.1 Å². The van der Waals surface area contributed by atoms with Gasteiger partial charge in [-0.1, -0.05) is 38.8 Å². The van der Waals surface area contributed by atoms with Crippen LogP contribution in [-0.2, 0) is 10.1 Å². The van der Waals surface area contributed by atoms with Crippen molar-refractivity contribution < 1.29 is 4.74 Å². The molecule has 1 aromatic carbocycles. The van der Waals surface area contributed by atoms with Gasteiger partial charge < -0.3 is 9.64 Å². The Morgan fingerprint density at radius 2 is 2.22 bits per heavy atom. The van der Waals surface area contributed by atoms with Crippen LogP contribution in [0.25, 0.3) is 0 Å². The molecule has 0 radical (unpaired) electrons. The van der Waals surface area contributed by atoms with Gasteiger partial charge in [0.1, 0.15) is 0 Å². The van der Waals surface area contributed by atoms with E-state index in [9.17, 15) is 0 Å². The van der Waals surface area contributed by atoms with E-state index in [-0.39, 0.29) is 0 Å². The molecule has 2 rings (SSSR count). The minimum Gasteiger partial charge on any atom is -0.375 e. The highest BCUT2D eigenvalue weighted by Crippen LogP contribution is 2.30. The number of rotatable bonds is 3. The van der Waals surface area contributed by atoms with Gasteiger partial charge in [0.15, 0.2) is 0 Å². The molecule has 0 bridgehead atoms. The predicted octanol–water partition coefficient (Wildman–Crippen LogP) is 4.35. The third-order valence-electron chi connectivity index (χ3n) is 3.43. The molecule has 0 N–H and O–H groups in total. The van der Waals surface area contributed by atoms with Gasteiger partial charge >= 0.3 is 0 Å². The number of alkyl halides is 1. The first-order chi connectivity index (χ1) is 8.65. The summed E-state index contributed by atoms with van der Waals surface area (Å²) < 4.78 is 6.90. The van der Waals surface area contributed by atoms with Gasteiger partial charge in [-0.3, -0.25) is 0 Å². The van der Waals surface area contributed by atoms with Crippen LogP contribution in [-0.4, -0.2) is 25.3 Å². The Morgan fingerprint density at radius 1 is 1.44 bits per heavy atom. The van der Waals surface area contributed by atoms with Gasteiger partial charge in [-0.2, -0.15) is 0 Å². The van der Waals surface area contributed by atoms with Gasteiger partial charge in [-0.15, -0.1) is 0 Å². The van der Waals surface area contributed by atoms with Crippen molar-refractivity contribution >= 4 is 37.5 Å². The van der Waals surface area contributed by atoms with Crippen molar-refractivity contribution in [2.75, 3.05) is 18.1 Å². The van der Waals surface area contributed by atoms with Crippen molar-refractivity contribution in [2.24, 2.45) is 0 Å². The minimum atomic E-state index is 0.305. The number of benzene rings is 1. The van der Waals surface area contributed by atoms with Gasteiger partial charge in [0.2, 0.25) is 0 Å². The van der Waals surface area contributed by atoms with Gasteiger partial charge in [0, 0.05) is 22.0 Å². The standard InChI is InChI=1S/C14H19Br2NO/c1-3-13-9-18-10(2)8-17(13)14-5-4-12(16)6-11(14)7-15/h4-6,10,13H,3,7-9H2,1-2H3. The van der Waals surface area contributed by atoms with E-state index in [0.717, 1.165) is 29.4 Å². The molecule has 18 heavy (non-hydrogen) atoms. The Kier molecular flexibility index (Phi) is 5.10. The summed E-state index contributed by atoms with van der Waals surface area (Å²) in [6.07, 6.45) is 1.42. The van der Waals surface area contributed by atoms with Crippen LogP contribution in [0.15, 0.2) is 22.7 Å². The fraction of sp³-hybridized carbons (Fsp3) is 0.571. The van der Waals surface area contributed by atoms with Crippen LogP contribution < -0.4 is 4.90 Å². The molecule has 4 heteroatoms. The van der Waals surface area contributed by atoms with Crippen LogP contribution in [0.5, 0.6) is 0 Å². The molecule has 0 spiro atoms. The Labute approximate surface area is 126 Å². The molecule has 1 aromatic rings. The summed E-state index contributed by atoms with van der Waals surface area (Å²) in [5.74, 6) is 0. The number of halogens is 2. The van der Waals surface area contributed by atoms with Crippen LogP contribution in [0.4, 0.5) is 5.69 Å². The number of hydrogen-bond donors (Lipinski definition) is 0. The molecule has 2 unspecified atom stereocenters. The topological polar surface area (TPSA) is 12.5 Å². The number of nitrogens with zero attached hydrogens (tertiary/aromatic N) is 1. The highest BCUT2D eigenvalue weighted by atomic mass is 79.9. The highest BCUT2D eigenvalue weighted by molar-refractivity contribution is 9.10. The zero-order valence-electron chi connectivity index (χ0n) is 10.8. The lowest BCUT2D eigenvalue weighted by molar-refractivity contribution is 0.0299. The summed E-state index contributed by atoms with van der Waals surface area (Å²) in [4.78, 5) is 2.50. The van der Waals surface area contributed by atoms with E-state index in [1.54, 1.807) is 0 Å². The van der Waals surface area contributed by atoms with Crippen molar-refractivity contribution in [3.63, 3.8) is 0 Å². The Bertz CT molecular complexity index is 411. The van der Waals surface area contributed by atoms with Gasteiger partial charge in [0.05, 0.1) is 18.8 Å². The van der Waals surface area contributed by atoms with Crippen LogP contribution >= 0.6 is 31.9 Å². The summed E-state index contributed by atoms with van der Waals surface area (Å²) in [6, 6.07) is 7.01. The number of ether oxygens (including phenoxy) is 1. The first-order valence-corrected chi connectivity index (χ1v) is 8.29. The maximum absolute atomic E-state index is 5.77.